The highest BCUT2D eigenvalue weighted by atomic mass is 16.6. The van der Waals surface area contributed by atoms with Crippen LogP contribution in [0.2, 0.25) is 0 Å². The minimum Gasteiger partial charge on any atom is -0.494 e. The van der Waals surface area contributed by atoms with Gasteiger partial charge in [0, 0.05) is 6.61 Å². The van der Waals surface area contributed by atoms with Crippen LogP contribution in [0.5, 0.6) is 5.75 Å². The summed E-state index contributed by atoms with van der Waals surface area (Å²) in [6.07, 6.45) is 8.47. The lowest BCUT2D eigenvalue weighted by atomic mass is 10.1. The van der Waals surface area contributed by atoms with Crippen LogP contribution in [0.1, 0.15) is 58.8 Å². The molecule has 0 fully saturated rings. The van der Waals surface area contributed by atoms with E-state index in [2.05, 4.69) is 13.8 Å². The van der Waals surface area contributed by atoms with Crippen molar-refractivity contribution in [2.75, 3.05) is 92.5 Å². The van der Waals surface area contributed by atoms with Gasteiger partial charge < -0.3 is 37.9 Å². The molecule has 0 radical (unpaired) electrons. The molecule has 1 unspecified atom stereocenters. The first-order valence-electron chi connectivity index (χ1n) is 14.6. The second-order valence-corrected chi connectivity index (χ2v) is 9.05. The SMILES string of the molecule is CCC(C)OCCOCCOCCOCCOCCOCCOCCCCCCCCOc1ccccc1. The van der Waals surface area contributed by atoms with Gasteiger partial charge in [-0.1, -0.05) is 50.8 Å². The van der Waals surface area contributed by atoms with Gasteiger partial charge >= 0.3 is 0 Å². The molecular formula is C30H54O8. The normalized spacial score (nSPS) is 12.2. The van der Waals surface area contributed by atoms with Gasteiger partial charge in [-0.15, -0.1) is 0 Å². The third-order valence-electron chi connectivity index (χ3n) is 5.76. The average Bonchev–Trinajstić information content (AvgIpc) is 2.94. The smallest absolute Gasteiger partial charge is 0.119 e. The van der Waals surface area contributed by atoms with Crippen molar-refractivity contribution in [2.45, 2.75) is 64.9 Å². The zero-order chi connectivity index (χ0) is 27.2. The summed E-state index contributed by atoms with van der Waals surface area (Å²) in [5, 5.41) is 0. The van der Waals surface area contributed by atoms with Gasteiger partial charge in [-0.2, -0.15) is 0 Å². The molecule has 0 bridgehead atoms. The summed E-state index contributed by atoms with van der Waals surface area (Å²) in [4.78, 5) is 0. The van der Waals surface area contributed by atoms with Gasteiger partial charge in [-0.25, -0.2) is 0 Å². The third-order valence-corrected chi connectivity index (χ3v) is 5.76. The Labute approximate surface area is 231 Å². The molecule has 0 saturated carbocycles. The molecule has 0 amide bonds. The summed E-state index contributed by atoms with van der Waals surface area (Å²) >= 11 is 0. The number of unbranched alkanes of at least 4 members (excludes halogenated alkanes) is 5. The number of benzene rings is 1. The Morgan fingerprint density at radius 2 is 0.868 bits per heavy atom. The summed E-state index contributed by atoms with van der Waals surface area (Å²) in [6, 6.07) is 10.0. The van der Waals surface area contributed by atoms with E-state index < -0.39 is 0 Å². The van der Waals surface area contributed by atoms with Crippen LogP contribution in [0.4, 0.5) is 0 Å². The topological polar surface area (TPSA) is 73.8 Å². The second-order valence-electron chi connectivity index (χ2n) is 9.05. The summed E-state index contributed by atoms with van der Waals surface area (Å²) in [5.74, 6) is 0.959. The molecule has 0 spiro atoms. The molecule has 1 aromatic carbocycles. The Hall–Kier alpha value is -1.26. The van der Waals surface area contributed by atoms with E-state index in [9.17, 15) is 0 Å². The zero-order valence-electron chi connectivity index (χ0n) is 24.1. The van der Waals surface area contributed by atoms with Crippen LogP contribution in [0.25, 0.3) is 0 Å². The molecule has 0 N–H and O–H groups in total. The molecule has 8 nitrogen and oxygen atoms in total. The molecular weight excluding hydrogens is 488 g/mol. The second kappa shape index (κ2) is 28.7. The Bertz CT molecular complexity index is 575. The Balaban J connectivity index is 1.63. The lowest BCUT2D eigenvalue weighted by molar-refractivity contribution is -0.0254. The minimum absolute atomic E-state index is 0.293. The van der Waals surface area contributed by atoms with Crippen LogP contribution in [-0.4, -0.2) is 98.6 Å². The highest BCUT2D eigenvalue weighted by Crippen LogP contribution is 2.10. The van der Waals surface area contributed by atoms with Crippen molar-refractivity contribution in [3.05, 3.63) is 30.3 Å². The molecule has 0 aliphatic carbocycles. The fourth-order valence-electron chi connectivity index (χ4n) is 3.35. The molecule has 0 aliphatic heterocycles. The molecule has 0 heterocycles. The standard InChI is InChI=1S/C30H54O8/c1-3-29(2)37-28-27-36-26-25-35-24-23-34-22-21-33-20-19-32-18-17-31-15-11-6-4-5-7-12-16-38-30-13-9-8-10-14-30/h8-10,13-14,29H,3-7,11-12,15-28H2,1-2H3. The Kier molecular flexibility index (Phi) is 26.3. The molecule has 0 aliphatic rings. The Morgan fingerprint density at radius 3 is 1.34 bits per heavy atom. The van der Waals surface area contributed by atoms with Crippen molar-refractivity contribution in [2.24, 2.45) is 0 Å². The molecule has 1 aromatic rings. The predicted octanol–water partition coefficient (Wildman–Crippen LogP) is 5.32. The van der Waals surface area contributed by atoms with Gasteiger partial charge in [0.15, 0.2) is 0 Å². The van der Waals surface area contributed by atoms with E-state index in [4.69, 9.17) is 37.9 Å². The van der Waals surface area contributed by atoms with Gasteiger partial charge in [0.25, 0.3) is 0 Å². The van der Waals surface area contributed by atoms with Gasteiger partial charge in [-0.05, 0) is 38.3 Å². The fraction of sp³-hybridized carbons (Fsp3) is 0.800. The van der Waals surface area contributed by atoms with Crippen molar-refractivity contribution in [1.82, 2.24) is 0 Å². The van der Waals surface area contributed by atoms with Gasteiger partial charge in [-0.3, -0.25) is 0 Å². The van der Waals surface area contributed by atoms with Gasteiger partial charge in [0.2, 0.25) is 0 Å². The molecule has 1 atom stereocenters. The van der Waals surface area contributed by atoms with Crippen LogP contribution in [0.15, 0.2) is 30.3 Å². The van der Waals surface area contributed by atoms with E-state index >= 15 is 0 Å². The van der Waals surface area contributed by atoms with Crippen molar-refractivity contribution in [3.8, 4) is 5.75 Å². The minimum atomic E-state index is 0.293. The molecule has 8 heteroatoms. The van der Waals surface area contributed by atoms with E-state index in [1.165, 1.54) is 25.7 Å². The molecule has 1 rings (SSSR count). The van der Waals surface area contributed by atoms with Crippen LogP contribution < -0.4 is 4.74 Å². The van der Waals surface area contributed by atoms with E-state index in [1.54, 1.807) is 0 Å². The van der Waals surface area contributed by atoms with Gasteiger partial charge in [0.1, 0.15) is 5.75 Å². The number of rotatable bonds is 30. The highest BCUT2D eigenvalue weighted by Gasteiger charge is 1.98. The summed E-state index contributed by atoms with van der Waals surface area (Å²) < 4.78 is 44.3. The molecule has 0 saturated heterocycles. The van der Waals surface area contributed by atoms with Crippen LogP contribution >= 0.6 is 0 Å². The lowest BCUT2D eigenvalue weighted by Crippen LogP contribution is -2.15. The maximum absolute atomic E-state index is 5.71. The fourth-order valence-corrected chi connectivity index (χ4v) is 3.35. The lowest BCUT2D eigenvalue weighted by Gasteiger charge is -2.11. The monoisotopic (exact) mass is 542 g/mol. The first-order chi connectivity index (χ1) is 18.8. The quantitative estimate of drug-likeness (QED) is 0.121. The number of hydrogen-bond acceptors (Lipinski definition) is 8. The maximum atomic E-state index is 5.71. The zero-order valence-corrected chi connectivity index (χ0v) is 24.1. The van der Waals surface area contributed by atoms with Crippen molar-refractivity contribution < 1.29 is 37.9 Å². The molecule has 222 valence electrons. The number of hydrogen-bond donors (Lipinski definition) is 0. The average molecular weight is 543 g/mol. The van der Waals surface area contributed by atoms with E-state index in [0.29, 0.717) is 85.4 Å². The van der Waals surface area contributed by atoms with Crippen molar-refractivity contribution in [3.63, 3.8) is 0 Å². The van der Waals surface area contributed by atoms with Crippen molar-refractivity contribution >= 4 is 0 Å². The van der Waals surface area contributed by atoms with Crippen LogP contribution in [-0.2, 0) is 33.2 Å². The summed E-state index contributed by atoms with van der Waals surface area (Å²) in [5.41, 5.74) is 0. The van der Waals surface area contributed by atoms with E-state index in [0.717, 1.165) is 38.2 Å². The molecule has 38 heavy (non-hydrogen) atoms. The third kappa shape index (κ3) is 25.0. The number of ether oxygens (including phenoxy) is 8. The van der Waals surface area contributed by atoms with Crippen LogP contribution in [0, 0.1) is 0 Å². The van der Waals surface area contributed by atoms with E-state index in [1.807, 2.05) is 30.3 Å². The largest absolute Gasteiger partial charge is 0.494 e. The Morgan fingerprint density at radius 1 is 0.474 bits per heavy atom. The van der Waals surface area contributed by atoms with E-state index in [-0.39, 0.29) is 0 Å². The molecule has 0 aromatic heterocycles. The first-order valence-corrected chi connectivity index (χ1v) is 14.6. The highest BCUT2D eigenvalue weighted by molar-refractivity contribution is 5.20. The van der Waals surface area contributed by atoms with Gasteiger partial charge in [0.05, 0.1) is 92.0 Å². The number of para-hydroxylation sites is 1. The maximum Gasteiger partial charge on any atom is 0.119 e. The predicted molar refractivity (Wildman–Crippen MR) is 150 cm³/mol. The summed E-state index contributed by atoms with van der Waals surface area (Å²) in [6.45, 7) is 12.7. The summed E-state index contributed by atoms with van der Waals surface area (Å²) in [7, 11) is 0. The van der Waals surface area contributed by atoms with Crippen LogP contribution in [0.3, 0.4) is 0 Å². The first kappa shape index (κ1) is 34.8. The van der Waals surface area contributed by atoms with Crippen molar-refractivity contribution in [1.29, 1.82) is 0 Å².